The SMILES string of the molecule is O=C(CN1C(=O)N[C@@H](Cc2ccccc2)C1=O)Nc1ccc(OC(F)F)cc1. The zero-order valence-electron chi connectivity index (χ0n) is 14.6. The Morgan fingerprint density at radius 2 is 1.79 bits per heavy atom. The highest BCUT2D eigenvalue weighted by molar-refractivity contribution is 6.08. The Balaban J connectivity index is 1.56. The van der Waals surface area contributed by atoms with Gasteiger partial charge in [-0.3, -0.25) is 14.5 Å². The number of halogens is 2. The van der Waals surface area contributed by atoms with Crippen LogP contribution in [0.2, 0.25) is 0 Å². The lowest BCUT2D eigenvalue weighted by Gasteiger charge is -2.13. The summed E-state index contributed by atoms with van der Waals surface area (Å²) in [5.41, 5.74) is 1.21. The zero-order valence-corrected chi connectivity index (χ0v) is 14.6. The van der Waals surface area contributed by atoms with E-state index in [0.29, 0.717) is 12.1 Å². The highest BCUT2D eigenvalue weighted by Crippen LogP contribution is 2.18. The Hall–Kier alpha value is -3.49. The van der Waals surface area contributed by atoms with E-state index in [1.807, 2.05) is 30.3 Å². The molecule has 9 heteroatoms. The molecular formula is C19H17F2N3O4. The first-order valence-electron chi connectivity index (χ1n) is 8.43. The number of amides is 4. The number of alkyl halides is 2. The normalized spacial score (nSPS) is 16.2. The number of carbonyl (C=O) groups is 3. The molecule has 7 nitrogen and oxygen atoms in total. The third-order valence-corrected chi connectivity index (χ3v) is 4.05. The molecule has 1 aliphatic heterocycles. The Bertz CT molecular complexity index is 859. The van der Waals surface area contributed by atoms with Gasteiger partial charge in [-0.15, -0.1) is 0 Å². The van der Waals surface area contributed by atoms with Crippen LogP contribution in [0.1, 0.15) is 5.56 Å². The summed E-state index contributed by atoms with van der Waals surface area (Å²) in [6.45, 7) is -3.39. The number of nitrogens with one attached hydrogen (secondary N) is 2. The molecule has 0 spiro atoms. The third kappa shape index (κ3) is 4.81. The molecule has 3 rings (SSSR count). The van der Waals surface area contributed by atoms with Gasteiger partial charge in [0, 0.05) is 12.1 Å². The molecule has 1 atom stereocenters. The van der Waals surface area contributed by atoms with Crippen molar-refractivity contribution in [3.8, 4) is 5.75 Å². The number of ether oxygens (including phenoxy) is 1. The monoisotopic (exact) mass is 389 g/mol. The van der Waals surface area contributed by atoms with E-state index in [-0.39, 0.29) is 5.75 Å². The fourth-order valence-corrected chi connectivity index (χ4v) is 2.78. The second-order valence-corrected chi connectivity index (χ2v) is 6.07. The van der Waals surface area contributed by atoms with Crippen molar-refractivity contribution in [3.63, 3.8) is 0 Å². The van der Waals surface area contributed by atoms with Crippen LogP contribution in [0.15, 0.2) is 54.6 Å². The molecule has 1 heterocycles. The molecule has 0 saturated carbocycles. The molecule has 2 N–H and O–H groups in total. The van der Waals surface area contributed by atoms with Gasteiger partial charge >= 0.3 is 12.6 Å². The molecule has 1 aliphatic rings. The third-order valence-electron chi connectivity index (χ3n) is 4.05. The van der Waals surface area contributed by atoms with Crippen LogP contribution in [0.25, 0.3) is 0 Å². The van der Waals surface area contributed by atoms with Gasteiger partial charge in [0.1, 0.15) is 18.3 Å². The van der Waals surface area contributed by atoms with Gasteiger partial charge in [-0.05, 0) is 29.8 Å². The maximum atomic E-state index is 12.4. The number of nitrogens with zero attached hydrogens (tertiary/aromatic N) is 1. The van der Waals surface area contributed by atoms with Gasteiger partial charge in [-0.2, -0.15) is 8.78 Å². The van der Waals surface area contributed by atoms with Crippen molar-refractivity contribution in [2.24, 2.45) is 0 Å². The highest BCUT2D eigenvalue weighted by atomic mass is 19.3. The lowest BCUT2D eigenvalue weighted by Crippen LogP contribution is -2.38. The van der Waals surface area contributed by atoms with Crippen LogP contribution in [0.5, 0.6) is 5.75 Å². The van der Waals surface area contributed by atoms with Crippen molar-refractivity contribution < 1.29 is 27.9 Å². The molecule has 0 radical (unpaired) electrons. The van der Waals surface area contributed by atoms with Crippen LogP contribution < -0.4 is 15.4 Å². The van der Waals surface area contributed by atoms with Gasteiger partial charge in [-0.1, -0.05) is 30.3 Å². The Morgan fingerprint density at radius 1 is 1.11 bits per heavy atom. The van der Waals surface area contributed by atoms with Crippen molar-refractivity contribution in [1.82, 2.24) is 10.2 Å². The summed E-state index contributed by atoms with van der Waals surface area (Å²) in [6, 6.07) is 13.1. The number of carbonyl (C=O) groups excluding carboxylic acids is 3. The number of imide groups is 1. The van der Waals surface area contributed by atoms with Crippen LogP contribution in [0.3, 0.4) is 0 Å². The van der Waals surface area contributed by atoms with E-state index in [1.54, 1.807) is 0 Å². The summed E-state index contributed by atoms with van der Waals surface area (Å²) in [7, 11) is 0. The molecule has 0 aliphatic carbocycles. The van der Waals surface area contributed by atoms with Gasteiger partial charge in [0.05, 0.1) is 0 Å². The molecule has 28 heavy (non-hydrogen) atoms. The summed E-state index contributed by atoms with van der Waals surface area (Å²) in [4.78, 5) is 37.5. The van der Waals surface area contributed by atoms with Crippen molar-refractivity contribution in [1.29, 1.82) is 0 Å². The molecule has 146 valence electrons. The first kappa shape index (κ1) is 19.3. The lowest BCUT2D eigenvalue weighted by atomic mass is 10.1. The number of urea groups is 1. The topological polar surface area (TPSA) is 87.7 Å². The van der Waals surface area contributed by atoms with E-state index >= 15 is 0 Å². The fourth-order valence-electron chi connectivity index (χ4n) is 2.78. The molecule has 1 fully saturated rings. The smallest absolute Gasteiger partial charge is 0.387 e. The van der Waals surface area contributed by atoms with Crippen LogP contribution >= 0.6 is 0 Å². The van der Waals surface area contributed by atoms with Crippen LogP contribution in [-0.2, 0) is 16.0 Å². The van der Waals surface area contributed by atoms with Gasteiger partial charge in [0.15, 0.2) is 0 Å². The average molecular weight is 389 g/mol. The molecule has 2 aromatic rings. The number of rotatable bonds is 7. The molecule has 1 saturated heterocycles. The zero-order chi connectivity index (χ0) is 20.1. The highest BCUT2D eigenvalue weighted by Gasteiger charge is 2.38. The predicted octanol–water partition coefficient (Wildman–Crippen LogP) is 2.39. The van der Waals surface area contributed by atoms with Crippen molar-refractivity contribution >= 4 is 23.5 Å². The Morgan fingerprint density at radius 3 is 2.43 bits per heavy atom. The average Bonchev–Trinajstić information content (AvgIpc) is 2.91. The van der Waals surface area contributed by atoms with E-state index in [1.165, 1.54) is 24.3 Å². The largest absolute Gasteiger partial charge is 0.435 e. The molecule has 0 aromatic heterocycles. The van der Waals surface area contributed by atoms with E-state index in [2.05, 4.69) is 15.4 Å². The van der Waals surface area contributed by atoms with Crippen molar-refractivity contribution in [3.05, 3.63) is 60.2 Å². The first-order valence-corrected chi connectivity index (χ1v) is 8.43. The maximum Gasteiger partial charge on any atom is 0.387 e. The van der Waals surface area contributed by atoms with Crippen molar-refractivity contribution in [2.75, 3.05) is 11.9 Å². The van der Waals surface area contributed by atoms with E-state index in [9.17, 15) is 23.2 Å². The van der Waals surface area contributed by atoms with Gasteiger partial charge in [0.2, 0.25) is 5.91 Å². The standard InChI is InChI=1S/C19H17F2N3O4/c20-18(21)28-14-8-6-13(7-9-14)22-16(25)11-24-17(26)15(23-19(24)27)10-12-4-2-1-3-5-12/h1-9,15,18H,10-11H2,(H,22,25)(H,23,27)/t15-/m0/s1. The minimum absolute atomic E-state index is 0.0501. The van der Waals surface area contributed by atoms with Crippen molar-refractivity contribution in [2.45, 2.75) is 19.1 Å². The molecule has 0 unspecified atom stereocenters. The van der Waals surface area contributed by atoms with E-state index < -0.39 is 37.0 Å². The number of anilines is 1. The molecule has 0 bridgehead atoms. The molecule has 4 amide bonds. The number of hydrogen-bond donors (Lipinski definition) is 2. The van der Waals surface area contributed by atoms with Gasteiger partial charge in [-0.25, -0.2) is 4.79 Å². The second-order valence-electron chi connectivity index (χ2n) is 6.07. The minimum atomic E-state index is -2.94. The second kappa shape index (κ2) is 8.47. The summed E-state index contributed by atoms with van der Waals surface area (Å²) in [6.07, 6.45) is 0.329. The summed E-state index contributed by atoms with van der Waals surface area (Å²) in [5.74, 6) is -1.12. The predicted molar refractivity (Wildman–Crippen MR) is 95.9 cm³/mol. The van der Waals surface area contributed by atoms with Gasteiger partial charge < -0.3 is 15.4 Å². The quantitative estimate of drug-likeness (QED) is 0.712. The van der Waals surface area contributed by atoms with Gasteiger partial charge in [0.25, 0.3) is 5.91 Å². The Kier molecular flexibility index (Phi) is 5.83. The summed E-state index contributed by atoms with van der Waals surface area (Å²) < 4.78 is 28.5. The summed E-state index contributed by atoms with van der Waals surface area (Å²) >= 11 is 0. The Labute approximate surface area is 159 Å². The van der Waals surface area contributed by atoms with E-state index in [0.717, 1.165) is 10.5 Å². The van der Waals surface area contributed by atoms with E-state index in [4.69, 9.17) is 0 Å². The molecular weight excluding hydrogens is 372 g/mol. The molecule has 2 aromatic carbocycles. The number of benzene rings is 2. The summed E-state index contributed by atoms with van der Waals surface area (Å²) in [5, 5.41) is 5.07. The number of hydrogen-bond acceptors (Lipinski definition) is 4. The van der Waals surface area contributed by atoms with Crippen LogP contribution in [-0.4, -0.2) is 41.9 Å². The first-order chi connectivity index (χ1) is 13.4. The minimum Gasteiger partial charge on any atom is -0.435 e. The van der Waals surface area contributed by atoms with Crippen LogP contribution in [0, 0.1) is 0 Å². The lowest BCUT2D eigenvalue weighted by molar-refractivity contribution is -0.130. The fraction of sp³-hybridized carbons (Fsp3) is 0.211. The maximum absolute atomic E-state index is 12.4. The van der Waals surface area contributed by atoms with Crippen LogP contribution in [0.4, 0.5) is 19.3 Å².